The number of benzene rings is 3. The average molecular weight is 431 g/mol. The molecule has 0 bridgehead atoms. The van der Waals surface area contributed by atoms with E-state index >= 15 is 0 Å². The zero-order chi connectivity index (χ0) is 22.3. The Hall–Kier alpha value is -3.80. The fourth-order valence-corrected chi connectivity index (χ4v) is 3.67. The van der Waals surface area contributed by atoms with Crippen LogP contribution < -0.4 is 14.4 Å². The van der Waals surface area contributed by atoms with Gasteiger partial charge in [0, 0.05) is 32.1 Å². The van der Waals surface area contributed by atoms with Gasteiger partial charge in [0.05, 0.1) is 6.54 Å². The van der Waals surface area contributed by atoms with Crippen LogP contribution in [0.4, 0.5) is 5.69 Å². The molecule has 6 nitrogen and oxygen atoms in total. The molecule has 6 heteroatoms. The van der Waals surface area contributed by atoms with Crippen LogP contribution in [0.1, 0.15) is 24.5 Å². The zero-order valence-electron chi connectivity index (χ0n) is 18.1. The first-order valence-corrected chi connectivity index (χ1v) is 10.6. The Morgan fingerprint density at radius 1 is 0.812 bits per heavy atom. The second kappa shape index (κ2) is 10.0. The highest BCUT2D eigenvalue weighted by Crippen LogP contribution is 2.33. The van der Waals surface area contributed by atoms with Crippen LogP contribution in [0, 0.1) is 0 Å². The Morgan fingerprint density at radius 2 is 1.50 bits per heavy atom. The average Bonchev–Trinajstić information content (AvgIpc) is 3.29. The Morgan fingerprint density at radius 3 is 2.22 bits per heavy atom. The lowest BCUT2D eigenvalue weighted by Gasteiger charge is -2.26. The standard InChI is InChI=1S/C26H26N2O4/c1-20(29)27(17-21-8-4-2-5-9-21)15-14-26(30)28(23-10-6-3-7-11-23)18-22-12-13-24-25(16-22)32-19-31-24/h2-13,16H,14-15,17-19H2,1H3. The molecule has 4 rings (SSSR count). The number of hydrogen-bond acceptors (Lipinski definition) is 4. The van der Waals surface area contributed by atoms with Crippen LogP contribution in [-0.2, 0) is 22.7 Å². The van der Waals surface area contributed by atoms with Gasteiger partial charge in [-0.05, 0) is 35.4 Å². The molecule has 0 aromatic heterocycles. The summed E-state index contributed by atoms with van der Waals surface area (Å²) in [5, 5.41) is 0. The predicted molar refractivity (Wildman–Crippen MR) is 122 cm³/mol. The Balaban J connectivity index is 1.48. The first-order chi connectivity index (χ1) is 15.6. The summed E-state index contributed by atoms with van der Waals surface area (Å²) in [7, 11) is 0. The van der Waals surface area contributed by atoms with Crippen LogP contribution in [-0.4, -0.2) is 30.1 Å². The van der Waals surface area contributed by atoms with E-state index in [1.807, 2.05) is 78.9 Å². The van der Waals surface area contributed by atoms with Crippen molar-refractivity contribution in [1.82, 2.24) is 4.90 Å². The number of hydrogen-bond donors (Lipinski definition) is 0. The number of amides is 2. The number of anilines is 1. The summed E-state index contributed by atoms with van der Waals surface area (Å²) in [6.45, 7) is 2.99. The van der Waals surface area contributed by atoms with Gasteiger partial charge in [0.2, 0.25) is 18.6 Å². The summed E-state index contributed by atoms with van der Waals surface area (Å²) in [6.07, 6.45) is 0.228. The van der Waals surface area contributed by atoms with E-state index in [9.17, 15) is 9.59 Å². The molecule has 0 aliphatic carbocycles. The molecule has 1 aliphatic rings. The number of rotatable bonds is 8. The summed E-state index contributed by atoms with van der Waals surface area (Å²) < 4.78 is 10.9. The summed E-state index contributed by atoms with van der Waals surface area (Å²) in [4.78, 5) is 28.9. The summed E-state index contributed by atoms with van der Waals surface area (Å²) >= 11 is 0. The van der Waals surface area contributed by atoms with E-state index in [1.165, 1.54) is 6.92 Å². The van der Waals surface area contributed by atoms with Crippen molar-refractivity contribution in [1.29, 1.82) is 0 Å². The van der Waals surface area contributed by atoms with Crippen LogP contribution in [0.2, 0.25) is 0 Å². The largest absolute Gasteiger partial charge is 0.454 e. The maximum absolute atomic E-state index is 13.3. The molecule has 1 heterocycles. The van der Waals surface area contributed by atoms with Crippen LogP contribution >= 0.6 is 0 Å². The smallest absolute Gasteiger partial charge is 0.231 e. The fourth-order valence-electron chi connectivity index (χ4n) is 3.67. The molecular formula is C26H26N2O4. The van der Waals surface area contributed by atoms with E-state index in [0.29, 0.717) is 31.1 Å². The molecule has 32 heavy (non-hydrogen) atoms. The van der Waals surface area contributed by atoms with E-state index in [0.717, 1.165) is 16.8 Å². The number of carbonyl (C=O) groups excluding carboxylic acids is 2. The second-order valence-electron chi connectivity index (χ2n) is 7.68. The number of para-hydroxylation sites is 1. The lowest BCUT2D eigenvalue weighted by molar-refractivity contribution is -0.130. The van der Waals surface area contributed by atoms with Gasteiger partial charge in [-0.25, -0.2) is 0 Å². The van der Waals surface area contributed by atoms with E-state index in [2.05, 4.69) is 0 Å². The maximum atomic E-state index is 13.3. The second-order valence-corrected chi connectivity index (χ2v) is 7.68. The van der Waals surface area contributed by atoms with Gasteiger partial charge in [0.25, 0.3) is 0 Å². The van der Waals surface area contributed by atoms with Crippen LogP contribution in [0.5, 0.6) is 11.5 Å². The fraction of sp³-hybridized carbons (Fsp3) is 0.231. The summed E-state index contributed by atoms with van der Waals surface area (Å²) in [5.41, 5.74) is 2.79. The molecule has 0 N–H and O–H groups in total. The minimum absolute atomic E-state index is 0.0480. The highest BCUT2D eigenvalue weighted by atomic mass is 16.7. The van der Waals surface area contributed by atoms with Crippen molar-refractivity contribution in [3.8, 4) is 11.5 Å². The first-order valence-electron chi connectivity index (χ1n) is 10.6. The van der Waals surface area contributed by atoms with E-state index in [1.54, 1.807) is 9.80 Å². The normalized spacial score (nSPS) is 11.8. The topological polar surface area (TPSA) is 59.1 Å². The molecule has 0 unspecified atom stereocenters. The van der Waals surface area contributed by atoms with Gasteiger partial charge in [-0.3, -0.25) is 9.59 Å². The maximum Gasteiger partial charge on any atom is 0.231 e. The molecule has 3 aromatic carbocycles. The summed E-state index contributed by atoms with van der Waals surface area (Å²) in [5.74, 6) is 1.30. The molecule has 3 aromatic rings. The third-order valence-corrected chi connectivity index (χ3v) is 5.40. The van der Waals surface area contributed by atoms with Crippen LogP contribution in [0.15, 0.2) is 78.9 Å². The molecular weight excluding hydrogens is 404 g/mol. The number of ether oxygens (including phenoxy) is 2. The third-order valence-electron chi connectivity index (χ3n) is 5.40. The van der Waals surface area contributed by atoms with Crippen molar-refractivity contribution in [2.24, 2.45) is 0 Å². The van der Waals surface area contributed by atoms with Crippen molar-refractivity contribution in [2.75, 3.05) is 18.2 Å². The molecule has 0 atom stereocenters. The highest BCUT2D eigenvalue weighted by Gasteiger charge is 2.20. The monoisotopic (exact) mass is 430 g/mol. The minimum Gasteiger partial charge on any atom is -0.454 e. The lowest BCUT2D eigenvalue weighted by atomic mass is 10.1. The van der Waals surface area contributed by atoms with E-state index in [4.69, 9.17) is 9.47 Å². The molecule has 0 spiro atoms. The quantitative estimate of drug-likeness (QED) is 0.532. The van der Waals surface area contributed by atoms with Gasteiger partial charge in [0.1, 0.15) is 0 Å². The van der Waals surface area contributed by atoms with Crippen molar-refractivity contribution in [3.63, 3.8) is 0 Å². The van der Waals surface area contributed by atoms with Gasteiger partial charge in [-0.1, -0.05) is 54.6 Å². The van der Waals surface area contributed by atoms with Crippen molar-refractivity contribution >= 4 is 17.5 Å². The zero-order valence-corrected chi connectivity index (χ0v) is 18.1. The SMILES string of the molecule is CC(=O)N(CCC(=O)N(Cc1ccc2c(c1)OCO2)c1ccccc1)Cc1ccccc1. The third kappa shape index (κ3) is 5.27. The van der Waals surface area contributed by atoms with E-state index in [-0.39, 0.29) is 25.0 Å². The van der Waals surface area contributed by atoms with Gasteiger partial charge in [-0.2, -0.15) is 0 Å². The molecule has 0 saturated heterocycles. The van der Waals surface area contributed by atoms with Crippen LogP contribution in [0.3, 0.4) is 0 Å². The summed E-state index contributed by atoms with van der Waals surface area (Å²) in [6, 6.07) is 25.1. The predicted octanol–water partition coefficient (Wildman–Crippen LogP) is 4.39. The van der Waals surface area contributed by atoms with Crippen molar-refractivity contribution in [3.05, 3.63) is 90.0 Å². The highest BCUT2D eigenvalue weighted by molar-refractivity contribution is 5.93. The van der Waals surface area contributed by atoms with Crippen molar-refractivity contribution < 1.29 is 19.1 Å². The molecule has 2 amide bonds. The minimum atomic E-state index is -0.0521. The van der Waals surface area contributed by atoms with Gasteiger partial charge in [-0.15, -0.1) is 0 Å². The van der Waals surface area contributed by atoms with Gasteiger partial charge in [0.15, 0.2) is 11.5 Å². The molecule has 0 saturated carbocycles. The molecule has 0 radical (unpaired) electrons. The number of fused-ring (bicyclic) bond motifs is 1. The van der Waals surface area contributed by atoms with Gasteiger partial charge >= 0.3 is 0 Å². The molecule has 0 fully saturated rings. The Bertz CT molecular complexity index is 1070. The number of nitrogens with zero attached hydrogens (tertiary/aromatic N) is 2. The van der Waals surface area contributed by atoms with E-state index < -0.39 is 0 Å². The first kappa shape index (κ1) is 21.4. The Labute approximate surface area is 188 Å². The number of carbonyl (C=O) groups is 2. The molecule has 1 aliphatic heterocycles. The van der Waals surface area contributed by atoms with Crippen LogP contribution in [0.25, 0.3) is 0 Å². The Kier molecular flexibility index (Phi) is 6.70. The molecule has 164 valence electrons. The lowest BCUT2D eigenvalue weighted by Crippen LogP contribution is -2.36. The van der Waals surface area contributed by atoms with Gasteiger partial charge < -0.3 is 19.3 Å². The van der Waals surface area contributed by atoms with Crippen molar-refractivity contribution in [2.45, 2.75) is 26.4 Å².